The van der Waals surface area contributed by atoms with Gasteiger partial charge >= 0.3 is 0 Å². The summed E-state index contributed by atoms with van der Waals surface area (Å²) in [6.45, 7) is 0. The fourth-order valence-electron chi connectivity index (χ4n) is 1.56. The van der Waals surface area contributed by atoms with Crippen molar-refractivity contribution in [2.75, 3.05) is 23.7 Å². The minimum absolute atomic E-state index is 0.0681. The van der Waals surface area contributed by atoms with Crippen LogP contribution in [0.1, 0.15) is 0 Å². The van der Waals surface area contributed by atoms with Gasteiger partial charge in [-0.25, -0.2) is 13.4 Å². The molecule has 5 nitrogen and oxygen atoms in total. The Morgan fingerprint density at radius 3 is 2.25 bits per heavy atom. The minimum atomic E-state index is -3.65. The Balaban J connectivity index is 2.22. The molecule has 0 atom stereocenters. The highest BCUT2D eigenvalue weighted by atomic mass is 35.5. The van der Waals surface area contributed by atoms with E-state index in [2.05, 4.69) is 9.71 Å². The van der Waals surface area contributed by atoms with Gasteiger partial charge in [-0.15, -0.1) is 0 Å². The standard InChI is InChI=1S/C13H14ClN3O2S/c1-17(2)11-5-3-10(4-6-11)16-20(18,19)12-7-8-13(14)15-9-12/h3-9,16H,1-2H3. The summed E-state index contributed by atoms with van der Waals surface area (Å²) >= 11 is 5.64. The molecule has 0 amide bonds. The first kappa shape index (κ1) is 14.6. The van der Waals surface area contributed by atoms with Crippen LogP contribution in [0.15, 0.2) is 47.5 Å². The minimum Gasteiger partial charge on any atom is -0.378 e. The van der Waals surface area contributed by atoms with Crippen LogP contribution < -0.4 is 9.62 Å². The summed E-state index contributed by atoms with van der Waals surface area (Å²) < 4.78 is 26.7. The Bertz CT molecular complexity index is 683. The smallest absolute Gasteiger partial charge is 0.263 e. The van der Waals surface area contributed by atoms with Crippen molar-refractivity contribution in [2.24, 2.45) is 0 Å². The van der Waals surface area contributed by atoms with E-state index in [1.165, 1.54) is 18.3 Å². The van der Waals surface area contributed by atoms with Crippen LogP contribution in [0.3, 0.4) is 0 Å². The monoisotopic (exact) mass is 311 g/mol. The van der Waals surface area contributed by atoms with Crippen molar-refractivity contribution in [1.29, 1.82) is 0 Å². The maximum Gasteiger partial charge on any atom is 0.263 e. The number of nitrogens with zero attached hydrogens (tertiary/aromatic N) is 2. The molecular formula is C13H14ClN3O2S. The average Bonchev–Trinajstić information content (AvgIpc) is 2.39. The van der Waals surface area contributed by atoms with E-state index in [-0.39, 0.29) is 10.0 Å². The van der Waals surface area contributed by atoms with Crippen molar-refractivity contribution in [3.8, 4) is 0 Å². The molecule has 0 aliphatic carbocycles. The van der Waals surface area contributed by atoms with Gasteiger partial charge < -0.3 is 4.90 Å². The van der Waals surface area contributed by atoms with Gasteiger partial charge in [-0.1, -0.05) is 11.6 Å². The molecule has 1 N–H and O–H groups in total. The van der Waals surface area contributed by atoms with Gasteiger partial charge in [-0.05, 0) is 36.4 Å². The predicted octanol–water partition coefficient (Wildman–Crippen LogP) is 2.60. The third-order valence-corrected chi connectivity index (χ3v) is 4.24. The van der Waals surface area contributed by atoms with Gasteiger partial charge in [0.05, 0.1) is 0 Å². The number of hydrogen-bond acceptors (Lipinski definition) is 4. The van der Waals surface area contributed by atoms with Gasteiger partial charge in [0, 0.05) is 31.7 Å². The Morgan fingerprint density at radius 1 is 1.10 bits per heavy atom. The molecule has 2 aromatic rings. The van der Waals surface area contributed by atoms with E-state index in [1.54, 1.807) is 12.1 Å². The van der Waals surface area contributed by atoms with Crippen LogP contribution in [0, 0.1) is 0 Å². The van der Waals surface area contributed by atoms with Crippen LogP contribution in [0.2, 0.25) is 5.15 Å². The van der Waals surface area contributed by atoms with E-state index < -0.39 is 10.0 Å². The fourth-order valence-corrected chi connectivity index (χ4v) is 2.68. The van der Waals surface area contributed by atoms with Gasteiger partial charge in [0.25, 0.3) is 10.0 Å². The molecule has 0 spiro atoms. The quantitative estimate of drug-likeness (QED) is 0.882. The first-order valence-electron chi connectivity index (χ1n) is 5.80. The molecule has 0 unspecified atom stereocenters. The van der Waals surface area contributed by atoms with Crippen LogP contribution in [0.5, 0.6) is 0 Å². The number of rotatable bonds is 4. The van der Waals surface area contributed by atoms with E-state index in [0.29, 0.717) is 5.69 Å². The highest BCUT2D eigenvalue weighted by Gasteiger charge is 2.14. The molecule has 1 aromatic heterocycles. The Morgan fingerprint density at radius 2 is 1.75 bits per heavy atom. The van der Waals surface area contributed by atoms with Crippen molar-refractivity contribution in [1.82, 2.24) is 4.98 Å². The highest BCUT2D eigenvalue weighted by Crippen LogP contribution is 2.19. The fraction of sp³-hybridized carbons (Fsp3) is 0.154. The third-order valence-electron chi connectivity index (χ3n) is 2.65. The summed E-state index contributed by atoms with van der Waals surface area (Å²) in [5.41, 5.74) is 1.48. The topological polar surface area (TPSA) is 62.3 Å². The molecule has 0 saturated carbocycles. The lowest BCUT2D eigenvalue weighted by molar-refractivity contribution is 0.601. The molecule has 0 fully saturated rings. The van der Waals surface area contributed by atoms with Gasteiger partial charge in [0.15, 0.2) is 0 Å². The lowest BCUT2D eigenvalue weighted by Crippen LogP contribution is -2.13. The summed E-state index contributed by atoms with van der Waals surface area (Å²) in [6.07, 6.45) is 1.22. The molecule has 1 heterocycles. The number of benzene rings is 1. The molecule has 0 aliphatic rings. The Kier molecular flexibility index (Phi) is 4.15. The first-order valence-corrected chi connectivity index (χ1v) is 7.66. The summed E-state index contributed by atoms with van der Waals surface area (Å²) in [5, 5.41) is 0.249. The summed E-state index contributed by atoms with van der Waals surface area (Å²) in [5.74, 6) is 0. The van der Waals surface area contributed by atoms with Crippen LogP contribution in [-0.4, -0.2) is 27.5 Å². The first-order chi connectivity index (χ1) is 9.38. The van der Waals surface area contributed by atoms with Crippen LogP contribution in [0.25, 0.3) is 0 Å². The van der Waals surface area contributed by atoms with Crippen molar-refractivity contribution in [3.05, 3.63) is 47.7 Å². The molecule has 0 radical (unpaired) electrons. The number of anilines is 2. The average molecular weight is 312 g/mol. The predicted molar refractivity (Wildman–Crippen MR) is 80.8 cm³/mol. The van der Waals surface area contributed by atoms with Gasteiger partial charge in [0.2, 0.25) is 0 Å². The number of pyridine rings is 1. The molecule has 20 heavy (non-hydrogen) atoms. The van der Waals surface area contributed by atoms with E-state index in [4.69, 9.17) is 11.6 Å². The van der Waals surface area contributed by atoms with Gasteiger partial charge in [-0.3, -0.25) is 4.72 Å². The van der Waals surface area contributed by atoms with Crippen molar-refractivity contribution < 1.29 is 8.42 Å². The second-order valence-electron chi connectivity index (χ2n) is 4.36. The van der Waals surface area contributed by atoms with Gasteiger partial charge in [0.1, 0.15) is 10.0 Å². The molecule has 7 heteroatoms. The van der Waals surface area contributed by atoms with Crippen molar-refractivity contribution >= 4 is 33.0 Å². The highest BCUT2D eigenvalue weighted by molar-refractivity contribution is 7.92. The molecule has 0 bridgehead atoms. The Labute approximate surface area is 123 Å². The number of sulfonamides is 1. The van der Waals surface area contributed by atoms with E-state index in [1.807, 2.05) is 31.1 Å². The summed E-state index contributed by atoms with van der Waals surface area (Å²) in [7, 11) is 0.183. The second-order valence-corrected chi connectivity index (χ2v) is 6.43. The third kappa shape index (κ3) is 3.40. The SMILES string of the molecule is CN(C)c1ccc(NS(=O)(=O)c2ccc(Cl)nc2)cc1. The number of nitrogens with one attached hydrogen (secondary N) is 1. The van der Waals surface area contributed by atoms with Crippen LogP contribution in [0.4, 0.5) is 11.4 Å². The van der Waals surface area contributed by atoms with E-state index >= 15 is 0 Å². The number of aromatic nitrogens is 1. The lowest BCUT2D eigenvalue weighted by atomic mass is 10.3. The van der Waals surface area contributed by atoms with E-state index in [0.717, 1.165) is 5.69 Å². The molecule has 106 valence electrons. The normalized spacial score (nSPS) is 11.2. The summed E-state index contributed by atoms with van der Waals surface area (Å²) in [6, 6.07) is 9.92. The molecule has 0 aliphatic heterocycles. The zero-order valence-electron chi connectivity index (χ0n) is 11.0. The van der Waals surface area contributed by atoms with Gasteiger partial charge in [-0.2, -0.15) is 0 Å². The molecule has 1 aromatic carbocycles. The van der Waals surface area contributed by atoms with E-state index in [9.17, 15) is 8.42 Å². The number of hydrogen-bond donors (Lipinski definition) is 1. The summed E-state index contributed by atoms with van der Waals surface area (Å²) in [4.78, 5) is 5.76. The molecule has 2 rings (SSSR count). The molecular weight excluding hydrogens is 298 g/mol. The number of halogens is 1. The molecule has 0 saturated heterocycles. The van der Waals surface area contributed by atoms with Crippen molar-refractivity contribution in [3.63, 3.8) is 0 Å². The van der Waals surface area contributed by atoms with Crippen LogP contribution >= 0.6 is 11.6 Å². The second kappa shape index (κ2) is 5.68. The maximum absolute atomic E-state index is 12.1. The lowest BCUT2D eigenvalue weighted by Gasteiger charge is -2.13. The van der Waals surface area contributed by atoms with Crippen LogP contribution in [-0.2, 0) is 10.0 Å². The zero-order valence-corrected chi connectivity index (χ0v) is 12.6. The maximum atomic E-state index is 12.1. The largest absolute Gasteiger partial charge is 0.378 e. The van der Waals surface area contributed by atoms with Crippen molar-refractivity contribution in [2.45, 2.75) is 4.90 Å². The Hall–Kier alpha value is -1.79. The zero-order chi connectivity index (χ0) is 14.8.